The third kappa shape index (κ3) is 3.85. The first-order chi connectivity index (χ1) is 11.1. The summed E-state index contributed by atoms with van der Waals surface area (Å²) in [5.74, 6) is -0.606. The van der Waals surface area contributed by atoms with Gasteiger partial charge in [-0.2, -0.15) is 0 Å². The predicted octanol–water partition coefficient (Wildman–Crippen LogP) is 4.04. The van der Waals surface area contributed by atoms with Crippen molar-refractivity contribution in [2.45, 2.75) is 26.9 Å². The van der Waals surface area contributed by atoms with Crippen molar-refractivity contribution >= 4 is 23.1 Å². The number of benzene rings is 1. The van der Waals surface area contributed by atoms with E-state index in [2.05, 4.69) is 4.98 Å². The highest BCUT2D eigenvalue weighted by atomic mass is 32.1. The number of aromatic nitrogens is 1. The van der Waals surface area contributed by atoms with Crippen LogP contribution in [0.1, 0.15) is 31.9 Å². The summed E-state index contributed by atoms with van der Waals surface area (Å²) in [6.45, 7) is 5.52. The summed E-state index contributed by atoms with van der Waals surface area (Å²) in [6, 6.07) is 3.16. The average molecular weight is 353 g/mol. The zero-order chi connectivity index (χ0) is 18.1. The molecule has 0 aliphatic rings. The van der Waals surface area contributed by atoms with Gasteiger partial charge in [-0.3, -0.25) is 10.1 Å². The Hall–Kier alpha value is -2.55. The van der Waals surface area contributed by atoms with Gasteiger partial charge in [-0.15, -0.1) is 11.3 Å². The Balaban J connectivity index is 2.49. The van der Waals surface area contributed by atoms with Gasteiger partial charge in [-0.1, -0.05) is 20.8 Å². The molecule has 1 amide bonds. The summed E-state index contributed by atoms with van der Waals surface area (Å²) >= 11 is 1.16. The summed E-state index contributed by atoms with van der Waals surface area (Å²) in [4.78, 5) is 26.0. The molecule has 7 nitrogen and oxygen atoms in total. The molecule has 9 heteroatoms. The van der Waals surface area contributed by atoms with Crippen LogP contribution in [0.4, 0.5) is 14.9 Å². The fraction of sp³-hybridized carbons (Fsp3) is 0.333. The lowest BCUT2D eigenvalue weighted by atomic mass is 9.89. The molecule has 2 N–H and O–H groups in total. The molecule has 128 valence electrons. The Morgan fingerprint density at radius 3 is 2.67 bits per heavy atom. The van der Waals surface area contributed by atoms with Crippen LogP contribution in [-0.4, -0.2) is 16.0 Å². The number of hydrogen-bond donors (Lipinski definition) is 1. The van der Waals surface area contributed by atoms with E-state index < -0.39 is 28.4 Å². The zero-order valence-electron chi connectivity index (χ0n) is 13.3. The summed E-state index contributed by atoms with van der Waals surface area (Å²) in [6.07, 6.45) is -1.66. The highest BCUT2D eigenvalue weighted by Crippen LogP contribution is 2.40. The van der Waals surface area contributed by atoms with Crippen molar-refractivity contribution in [3.63, 3.8) is 0 Å². The van der Waals surface area contributed by atoms with Gasteiger partial charge >= 0.3 is 6.09 Å². The second-order valence-electron chi connectivity index (χ2n) is 6.17. The number of thiazole rings is 1. The Morgan fingerprint density at radius 2 is 2.12 bits per heavy atom. The fourth-order valence-electron chi connectivity index (χ4n) is 2.12. The molecular formula is C15H16FN3O4S. The minimum Gasteiger partial charge on any atom is -0.438 e. The van der Waals surface area contributed by atoms with Crippen LogP contribution in [0, 0.1) is 21.3 Å². The number of carbonyl (C=O) groups excluding carboxylic acids is 1. The van der Waals surface area contributed by atoms with Gasteiger partial charge in [0.1, 0.15) is 10.8 Å². The molecule has 1 unspecified atom stereocenters. The summed E-state index contributed by atoms with van der Waals surface area (Å²) in [5.41, 5.74) is 4.67. The maximum absolute atomic E-state index is 13.5. The SMILES string of the molecule is CC(C)(C)C(OC(N)=O)c1nc(-c2cc(F)ccc2[N+](=O)[O-])cs1. The molecule has 0 fully saturated rings. The minimum atomic E-state index is -0.941. The lowest BCUT2D eigenvalue weighted by Crippen LogP contribution is -2.26. The maximum Gasteiger partial charge on any atom is 0.405 e. The summed E-state index contributed by atoms with van der Waals surface area (Å²) in [5, 5.41) is 13.1. The van der Waals surface area contributed by atoms with E-state index in [4.69, 9.17) is 10.5 Å². The number of nitrogens with two attached hydrogens (primary N) is 1. The van der Waals surface area contributed by atoms with Gasteiger partial charge in [-0.25, -0.2) is 14.2 Å². The van der Waals surface area contributed by atoms with Crippen LogP contribution in [0.15, 0.2) is 23.6 Å². The first-order valence-electron chi connectivity index (χ1n) is 6.95. The Morgan fingerprint density at radius 1 is 1.46 bits per heavy atom. The summed E-state index contributed by atoms with van der Waals surface area (Å²) in [7, 11) is 0. The largest absolute Gasteiger partial charge is 0.438 e. The number of nitro groups is 1. The lowest BCUT2D eigenvalue weighted by Gasteiger charge is -2.27. The topological polar surface area (TPSA) is 108 Å². The molecule has 0 aliphatic carbocycles. The quantitative estimate of drug-likeness (QED) is 0.659. The fourth-order valence-corrected chi connectivity index (χ4v) is 3.21. The van der Waals surface area contributed by atoms with Crippen molar-refractivity contribution in [3.05, 3.63) is 44.5 Å². The summed E-state index contributed by atoms with van der Waals surface area (Å²) < 4.78 is 18.6. The maximum atomic E-state index is 13.5. The Kier molecular flexibility index (Phi) is 4.83. The Bertz CT molecular complexity index is 785. The lowest BCUT2D eigenvalue weighted by molar-refractivity contribution is -0.384. The van der Waals surface area contributed by atoms with E-state index in [1.165, 1.54) is 0 Å². The number of hydrogen-bond acceptors (Lipinski definition) is 6. The smallest absolute Gasteiger partial charge is 0.405 e. The van der Waals surface area contributed by atoms with Crippen molar-refractivity contribution in [2.24, 2.45) is 11.1 Å². The molecular weight excluding hydrogens is 337 g/mol. The van der Waals surface area contributed by atoms with Crippen LogP contribution in [0.2, 0.25) is 0 Å². The number of ether oxygens (including phenoxy) is 1. The number of amides is 1. The second-order valence-corrected chi connectivity index (χ2v) is 7.06. The van der Waals surface area contributed by atoms with Crippen LogP contribution >= 0.6 is 11.3 Å². The van der Waals surface area contributed by atoms with Crippen LogP contribution in [-0.2, 0) is 4.74 Å². The molecule has 0 saturated heterocycles. The van der Waals surface area contributed by atoms with E-state index in [1.807, 2.05) is 20.8 Å². The normalized spacial score (nSPS) is 12.7. The van der Waals surface area contributed by atoms with Crippen LogP contribution < -0.4 is 5.73 Å². The number of nitrogens with zero attached hydrogens (tertiary/aromatic N) is 2. The number of rotatable bonds is 4. The van der Waals surface area contributed by atoms with E-state index >= 15 is 0 Å². The Labute approximate surface area is 141 Å². The van der Waals surface area contributed by atoms with E-state index in [1.54, 1.807) is 5.38 Å². The standard InChI is InChI=1S/C15H16FN3O4S/c1-15(2,3)12(23-14(17)20)13-18-10(7-24-13)9-6-8(16)4-5-11(9)19(21)22/h4-7,12H,1-3H3,(H2,17,20). The van der Waals surface area contributed by atoms with E-state index in [0.717, 1.165) is 29.5 Å². The molecule has 24 heavy (non-hydrogen) atoms. The van der Waals surface area contributed by atoms with Crippen molar-refractivity contribution in [1.29, 1.82) is 0 Å². The second kappa shape index (κ2) is 6.52. The zero-order valence-corrected chi connectivity index (χ0v) is 14.1. The predicted molar refractivity (Wildman–Crippen MR) is 87.0 cm³/mol. The molecule has 0 aliphatic heterocycles. The highest BCUT2D eigenvalue weighted by molar-refractivity contribution is 7.10. The third-order valence-corrected chi connectivity index (χ3v) is 4.09. The van der Waals surface area contributed by atoms with Gasteiger partial charge in [0.05, 0.1) is 16.2 Å². The first-order valence-corrected chi connectivity index (χ1v) is 7.83. The number of nitro benzene ring substituents is 1. The van der Waals surface area contributed by atoms with E-state index in [0.29, 0.717) is 5.01 Å². The molecule has 2 rings (SSSR count). The average Bonchev–Trinajstić information content (AvgIpc) is 2.92. The number of carbonyl (C=O) groups is 1. The van der Waals surface area contributed by atoms with Gasteiger partial charge in [0.25, 0.3) is 5.69 Å². The van der Waals surface area contributed by atoms with Crippen molar-refractivity contribution in [3.8, 4) is 11.3 Å². The molecule has 0 spiro atoms. The minimum absolute atomic E-state index is 0.0641. The molecule has 0 saturated carbocycles. The van der Waals surface area contributed by atoms with Crippen LogP contribution in [0.5, 0.6) is 0 Å². The van der Waals surface area contributed by atoms with Crippen molar-refractivity contribution in [1.82, 2.24) is 4.98 Å². The first kappa shape index (κ1) is 17.8. The van der Waals surface area contributed by atoms with Crippen LogP contribution in [0.3, 0.4) is 0 Å². The van der Waals surface area contributed by atoms with Gasteiger partial charge in [0, 0.05) is 16.9 Å². The molecule has 0 bridgehead atoms. The van der Waals surface area contributed by atoms with Gasteiger partial charge in [0.2, 0.25) is 0 Å². The molecule has 1 aromatic heterocycles. The van der Waals surface area contributed by atoms with E-state index in [9.17, 15) is 19.3 Å². The molecule has 1 heterocycles. The van der Waals surface area contributed by atoms with Crippen molar-refractivity contribution < 1.29 is 18.8 Å². The molecule has 2 aromatic rings. The highest BCUT2D eigenvalue weighted by Gasteiger charge is 2.32. The third-order valence-electron chi connectivity index (χ3n) is 3.20. The number of primary amides is 1. The van der Waals surface area contributed by atoms with Gasteiger partial charge < -0.3 is 10.5 Å². The van der Waals surface area contributed by atoms with Gasteiger partial charge in [-0.05, 0) is 12.1 Å². The van der Waals surface area contributed by atoms with Crippen molar-refractivity contribution in [2.75, 3.05) is 0 Å². The van der Waals surface area contributed by atoms with E-state index in [-0.39, 0.29) is 16.9 Å². The van der Waals surface area contributed by atoms with Gasteiger partial charge in [0.15, 0.2) is 6.10 Å². The monoisotopic (exact) mass is 353 g/mol. The number of halogens is 1. The molecule has 1 aromatic carbocycles. The van der Waals surface area contributed by atoms with Crippen LogP contribution in [0.25, 0.3) is 11.3 Å². The molecule has 0 radical (unpaired) electrons. The molecule has 1 atom stereocenters.